The van der Waals surface area contributed by atoms with Crippen LogP contribution in [0.2, 0.25) is 0 Å². The highest BCUT2D eigenvalue weighted by Gasteiger charge is 2.37. The van der Waals surface area contributed by atoms with Gasteiger partial charge in [0, 0.05) is 11.6 Å². The third-order valence-electron chi connectivity index (χ3n) is 4.84. The van der Waals surface area contributed by atoms with Crippen LogP contribution >= 0.6 is 0 Å². The van der Waals surface area contributed by atoms with Crippen LogP contribution in [0.25, 0.3) is 0 Å². The first-order valence-electron chi connectivity index (χ1n) is 8.54. The molecule has 0 fully saturated rings. The highest BCUT2D eigenvalue weighted by Crippen LogP contribution is 2.50. The fourth-order valence-corrected chi connectivity index (χ4v) is 3.51. The van der Waals surface area contributed by atoms with Crippen molar-refractivity contribution in [3.63, 3.8) is 0 Å². The third-order valence-corrected chi connectivity index (χ3v) is 4.84. The number of hydrogen-bond donors (Lipinski definition) is 0. The number of fused-ring (bicyclic) bond motifs is 1. The van der Waals surface area contributed by atoms with Crippen LogP contribution in [0.5, 0.6) is 17.2 Å². The molecule has 27 heavy (non-hydrogen) atoms. The van der Waals surface area contributed by atoms with Gasteiger partial charge in [0.25, 0.3) is 0 Å². The van der Waals surface area contributed by atoms with Crippen molar-refractivity contribution in [2.75, 3.05) is 14.2 Å². The van der Waals surface area contributed by atoms with E-state index in [1.807, 2.05) is 42.5 Å². The minimum absolute atomic E-state index is 0.284. The summed E-state index contributed by atoms with van der Waals surface area (Å²) >= 11 is 0. The smallest absolute Gasteiger partial charge is 0.159 e. The zero-order valence-electron chi connectivity index (χ0n) is 14.9. The van der Waals surface area contributed by atoms with Crippen molar-refractivity contribution < 1.29 is 23.0 Å². The summed E-state index contributed by atoms with van der Waals surface area (Å²) < 4.78 is 44.2. The van der Waals surface area contributed by atoms with E-state index in [-0.39, 0.29) is 5.92 Å². The van der Waals surface area contributed by atoms with Gasteiger partial charge in [-0.3, -0.25) is 0 Å². The Morgan fingerprint density at radius 2 is 1.56 bits per heavy atom. The van der Waals surface area contributed by atoms with Crippen molar-refractivity contribution >= 4 is 0 Å². The quantitative estimate of drug-likeness (QED) is 0.630. The highest BCUT2D eigenvalue weighted by molar-refractivity contribution is 5.52. The molecule has 1 heterocycles. The molecular weight excluding hydrogens is 350 g/mol. The van der Waals surface area contributed by atoms with Gasteiger partial charge in [0.05, 0.1) is 20.1 Å². The molecule has 0 spiro atoms. The Labute approximate surface area is 156 Å². The molecule has 138 valence electrons. The predicted molar refractivity (Wildman–Crippen MR) is 97.6 cm³/mol. The first kappa shape index (κ1) is 17.3. The summed E-state index contributed by atoms with van der Waals surface area (Å²) in [4.78, 5) is 0. The Morgan fingerprint density at radius 1 is 0.778 bits per heavy atom. The van der Waals surface area contributed by atoms with E-state index in [0.29, 0.717) is 22.8 Å². The normalized spacial score (nSPS) is 17.9. The van der Waals surface area contributed by atoms with Crippen LogP contribution < -0.4 is 14.2 Å². The Bertz CT molecular complexity index is 987. The minimum Gasteiger partial charge on any atom is -0.497 e. The fourth-order valence-electron chi connectivity index (χ4n) is 3.51. The average molecular weight is 368 g/mol. The topological polar surface area (TPSA) is 27.7 Å². The molecule has 1 aliphatic heterocycles. The molecule has 5 heteroatoms. The van der Waals surface area contributed by atoms with Gasteiger partial charge in [-0.05, 0) is 41.5 Å². The predicted octanol–water partition coefficient (Wildman–Crippen LogP) is 5.25. The highest BCUT2D eigenvalue weighted by atomic mass is 19.2. The van der Waals surface area contributed by atoms with Crippen LogP contribution in [0.3, 0.4) is 0 Å². The number of halogens is 2. The first-order valence-corrected chi connectivity index (χ1v) is 8.54. The number of methoxy groups -OCH3 is 2. The van der Waals surface area contributed by atoms with Crippen molar-refractivity contribution in [1.29, 1.82) is 0 Å². The zero-order valence-corrected chi connectivity index (χ0v) is 14.9. The lowest BCUT2D eigenvalue weighted by molar-refractivity contribution is 0.221. The van der Waals surface area contributed by atoms with Gasteiger partial charge < -0.3 is 14.2 Å². The summed E-state index contributed by atoms with van der Waals surface area (Å²) in [5, 5.41) is 0. The van der Waals surface area contributed by atoms with E-state index in [1.165, 1.54) is 6.07 Å². The molecule has 3 nitrogen and oxygen atoms in total. The number of rotatable bonds is 4. The fraction of sp³-hybridized carbons (Fsp3) is 0.182. The molecule has 0 aliphatic carbocycles. The molecular formula is C22H18F2O3. The van der Waals surface area contributed by atoms with Gasteiger partial charge in [0.15, 0.2) is 11.6 Å². The van der Waals surface area contributed by atoms with Crippen molar-refractivity contribution in [1.82, 2.24) is 0 Å². The van der Waals surface area contributed by atoms with E-state index in [2.05, 4.69) is 0 Å². The Morgan fingerprint density at radius 3 is 2.30 bits per heavy atom. The van der Waals surface area contributed by atoms with E-state index < -0.39 is 17.7 Å². The summed E-state index contributed by atoms with van der Waals surface area (Å²) in [7, 11) is 3.18. The summed E-state index contributed by atoms with van der Waals surface area (Å²) in [6, 6.07) is 17.1. The average Bonchev–Trinajstić information content (AvgIpc) is 3.08. The monoisotopic (exact) mass is 368 g/mol. The maximum absolute atomic E-state index is 13.9. The number of benzene rings is 3. The molecule has 0 aromatic heterocycles. The van der Waals surface area contributed by atoms with Crippen molar-refractivity contribution in [2.45, 2.75) is 12.0 Å². The minimum atomic E-state index is -0.876. The van der Waals surface area contributed by atoms with Crippen molar-refractivity contribution in [2.24, 2.45) is 0 Å². The molecule has 0 saturated heterocycles. The molecule has 2 atom stereocenters. The summed E-state index contributed by atoms with van der Waals surface area (Å²) in [6.07, 6.45) is -0.396. The molecule has 0 N–H and O–H groups in total. The van der Waals surface area contributed by atoms with Crippen LogP contribution in [-0.4, -0.2) is 14.2 Å². The van der Waals surface area contributed by atoms with Crippen molar-refractivity contribution in [3.8, 4) is 17.2 Å². The SMILES string of the molecule is COc1cccc(C2Oc3cc(OC)ccc3C2c2ccc(F)c(F)c2)c1. The molecule has 0 saturated carbocycles. The summed E-state index contributed by atoms with van der Waals surface area (Å²) in [5.74, 6) is 0.00664. The van der Waals surface area contributed by atoms with Gasteiger partial charge >= 0.3 is 0 Å². The molecule has 1 aliphatic rings. The van der Waals surface area contributed by atoms with Gasteiger partial charge in [0.2, 0.25) is 0 Å². The van der Waals surface area contributed by atoms with E-state index in [4.69, 9.17) is 14.2 Å². The lowest BCUT2D eigenvalue weighted by Gasteiger charge is -2.20. The molecule has 2 unspecified atom stereocenters. The van der Waals surface area contributed by atoms with E-state index in [0.717, 1.165) is 17.2 Å². The third kappa shape index (κ3) is 3.10. The maximum Gasteiger partial charge on any atom is 0.159 e. The van der Waals surface area contributed by atoms with E-state index >= 15 is 0 Å². The van der Waals surface area contributed by atoms with E-state index in [9.17, 15) is 8.78 Å². The maximum atomic E-state index is 13.9. The Balaban J connectivity index is 1.85. The van der Waals surface area contributed by atoms with Gasteiger partial charge in [-0.1, -0.05) is 24.3 Å². The standard InChI is InChI=1S/C22H18F2O3/c1-25-15-5-3-4-14(10-15)22-21(13-6-9-18(23)19(24)11-13)17-8-7-16(26-2)12-20(17)27-22/h3-12,21-22H,1-2H3. The van der Waals surface area contributed by atoms with Crippen LogP contribution in [0, 0.1) is 11.6 Å². The molecule has 0 radical (unpaired) electrons. The van der Waals surface area contributed by atoms with Crippen LogP contribution in [0.1, 0.15) is 28.7 Å². The van der Waals surface area contributed by atoms with Gasteiger partial charge in [0.1, 0.15) is 23.4 Å². The van der Waals surface area contributed by atoms with Crippen LogP contribution in [-0.2, 0) is 0 Å². The van der Waals surface area contributed by atoms with Crippen LogP contribution in [0.4, 0.5) is 8.78 Å². The lowest BCUT2D eigenvalue weighted by Crippen LogP contribution is -2.12. The second kappa shape index (κ2) is 6.91. The largest absolute Gasteiger partial charge is 0.497 e. The van der Waals surface area contributed by atoms with Crippen molar-refractivity contribution in [3.05, 3.63) is 89.0 Å². The Hall–Kier alpha value is -3.08. The molecule has 0 bridgehead atoms. The molecule has 3 aromatic carbocycles. The Kier molecular flexibility index (Phi) is 4.44. The zero-order chi connectivity index (χ0) is 19.0. The second-order valence-electron chi connectivity index (χ2n) is 6.37. The second-order valence-corrected chi connectivity index (χ2v) is 6.37. The molecule has 3 aromatic rings. The van der Waals surface area contributed by atoms with Crippen LogP contribution in [0.15, 0.2) is 60.7 Å². The first-order chi connectivity index (χ1) is 13.1. The summed E-state index contributed by atoms with van der Waals surface area (Å²) in [5.41, 5.74) is 2.43. The lowest BCUT2D eigenvalue weighted by atomic mass is 9.85. The van der Waals surface area contributed by atoms with Gasteiger partial charge in [-0.15, -0.1) is 0 Å². The number of hydrogen-bond acceptors (Lipinski definition) is 3. The molecule has 0 amide bonds. The van der Waals surface area contributed by atoms with Gasteiger partial charge in [-0.25, -0.2) is 8.78 Å². The van der Waals surface area contributed by atoms with Gasteiger partial charge in [-0.2, -0.15) is 0 Å². The summed E-state index contributed by atoms with van der Waals surface area (Å²) in [6.45, 7) is 0. The molecule has 4 rings (SSSR count). The van der Waals surface area contributed by atoms with E-state index in [1.54, 1.807) is 20.3 Å². The number of ether oxygens (including phenoxy) is 3.